The first-order chi connectivity index (χ1) is 4.61. The number of hydrogen-bond donors (Lipinski definition) is 4. The van der Waals surface area contributed by atoms with Crippen molar-refractivity contribution in [3.8, 4) is 0 Å². The number of anilines is 4. The summed E-state index contributed by atoms with van der Waals surface area (Å²) in [6.07, 6.45) is 0. The molecule has 0 heterocycles. The van der Waals surface area contributed by atoms with Crippen molar-refractivity contribution >= 4 is 39.7 Å². The minimum absolute atomic E-state index is 0. The van der Waals surface area contributed by atoms with Gasteiger partial charge in [0.05, 0.1) is 22.7 Å². The molecule has 1 rings (SSSR count). The Kier molecular flexibility index (Phi) is 3.00. The third kappa shape index (κ3) is 1.91. The van der Waals surface area contributed by atoms with Crippen molar-refractivity contribution in [2.24, 2.45) is 0 Å². The average Bonchev–Trinajstić information content (AvgIpc) is 1.84. The summed E-state index contributed by atoms with van der Waals surface area (Å²) in [6, 6.07) is 3.09. The van der Waals surface area contributed by atoms with Gasteiger partial charge in [-0.25, -0.2) is 0 Å². The quantitative estimate of drug-likeness (QED) is 0.479. The Balaban J connectivity index is 0.000001000. The van der Waals surface area contributed by atoms with Crippen LogP contribution in [-0.2, 0) is 0 Å². The summed E-state index contributed by atoms with van der Waals surface area (Å²) in [5.74, 6) is 0. The summed E-state index contributed by atoms with van der Waals surface area (Å²) >= 11 is 0. The van der Waals surface area contributed by atoms with E-state index >= 15 is 0 Å². The first-order valence-electron chi connectivity index (χ1n) is 2.81. The number of benzene rings is 1. The normalized spacial score (nSPS) is 8.73. The highest BCUT2D eigenvalue weighted by Crippen LogP contribution is 2.23. The second kappa shape index (κ2) is 3.34. The van der Waals surface area contributed by atoms with Crippen molar-refractivity contribution < 1.29 is 0 Å². The molecule has 4 nitrogen and oxygen atoms in total. The second-order valence-electron chi connectivity index (χ2n) is 2.11. The molecule has 8 N–H and O–H groups in total. The van der Waals surface area contributed by atoms with Gasteiger partial charge >= 0.3 is 0 Å². The molecule has 0 bridgehead atoms. The predicted octanol–water partition coefficient (Wildman–Crippen LogP) is 0.593. The van der Waals surface area contributed by atoms with Crippen molar-refractivity contribution in [2.45, 2.75) is 0 Å². The minimum atomic E-state index is 0. The van der Waals surface area contributed by atoms with Gasteiger partial charge in [-0.1, -0.05) is 0 Å². The molecule has 0 radical (unpaired) electrons. The lowest BCUT2D eigenvalue weighted by molar-refractivity contribution is 1.64. The van der Waals surface area contributed by atoms with E-state index in [1.165, 1.54) is 0 Å². The largest absolute Gasteiger partial charge is 0.397 e. The Morgan fingerprint density at radius 3 is 1.00 bits per heavy atom. The van der Waals surface area contributed by atoms with Crippen LogP contribution in [0.25, 0.3) is 0 Å². The van der Waals surface area contributed by atoms with Gasteiger partial charge in [0.25, 0.3) is 0 Å². The molecule has 11 heavy (non-hydrogen) atoms. The van der Waals surface area contributed by atoms with E-state index in [0.29, 0.717) is 22.7 Å². The Morgan fingerprint density at radius 2 is 0.818 bits per heavy atom. The van der Waals surface area contributed by atoms with Crippen LogP contribution >= 0.6 is 17.0 Å². The molecule has 0 saturated carbocycles. The molecule has 0 amide bonds. The first-order valence-corrected chi connectivity index (χ1v) is 2.81. The van der Waals surface area contributed by atoms with Crippen LogP contribution in [0.15, 0.2) is 12.1 Å². The molecule has 0 atom stereocenters. The molecule has 5 heteroatoms. The Morgan fingerprint density at radius 1 is 0.636 bits per heavy atom. The van der Waals surface area contributed by atoms with Crippen LogP contribution in [0, 0.1) is 0 Å². The van der Waals surface area contributed by atoms with E-state index in [0.717, 1.165) is 0 Å². The van der Waals surface area contributed by atoms with Crippen molar-refractivity contribution in [1.82, 2.24) is 0 Å². The molecule has 1 aromatic carbocycles. The zero-order valence-electron chi connectivity index (χ0n) is 5.87. The zero-order chi connectivity index (χ0) is 7.72. The maximum Gasteiger partial charge on any atom is 0.0570 e. The number of nitrogen functional groups attached to an aromatic ring is 4. The smallest absolute Gasteiger partial charge is 0.0570 e. The molecule has 0 spiro atoms. The molecule has 0 aliphatic heterocycles. The van der Waals surface area contributed by atoms with E-state index in [1.54, 1.807) is 12.1 Å². The predicted molar refractivity (Wildman–Crippen MR) is 54.4 cm³/mol. The molecular formula is C6H11BrN4. The third-order valence-electron chi connectivity index (χ3n) is 1.29. The van der Waals surface area contributed by atoms with E-state index in [4.69, 9.17) is 22.9 Å². The zero-order valence-corrected chi connectivity index (χ0v) is 7.59. The van der Waals surface area contributed by atoms with Crippen molar-refractivity contribution in [2.75, 3.05) is 22.9 Å². The molecule has 0 fully saturated rings. The van der Waals surface area contributed by atoms with Crippen LogP contribution < -0.4 is 22.9 Å². The van der Waals surface area contributed by atoms with Gasteiger partial charge in [0.2, 0.25) is 0 Å². The lowest BCUT2D eigenvalue weighted by Gasteiger charge is -2.03. The van der Waals surface area contributed by atoms with Gasteiger partial charge < -0.3 is 22.9 Å². The van der Waals surface area contributed by atoms with Crippen LogP contribution in [0.3, 0.4) is 0 Å². The van der Waals surface area contributed by atoms with Gasteiger partial charge in [-0.15, -0.1) is 17.0 Å². The number of halogens is 1. The van der Waals surface area contributed by atoms with Gasteiger partial charge in [0, 0.05) is 0 Å². The number of nitrogens with two attached hydrogens (primary N) is 4. The molecule has 0 saturated heterocycles. The molecule has 0 aliphatic rings. The summed E-state index contributed by atoms with van der Waals surface area (Å²) in [6.45, 7) is 0. The molecule has 0 aliphatic carbocycles. The fourth-order valence-corrected chi connectivity index (χ4v) is 0.668. The van der Waals surface area contributed by atoms with Gasteiger partial charge in [0.1, 0.15) is 0 Å². The molecule has 1 aromatic rings. The van der Waals surface area contributed by atoms with Crippen molar-refractivity contribution in [3.63, 3.8) is 0 Å². The molecular weight excluding hydrogens is 208 g/mol. The summed E-state index contributed by atoms with van der Waals surface area (Å²) in [7, 11) is 0. The Hall–Kier alpha value is -1.10. The topological polar surface area (TPSA) is 104 Å². The maximum atomic E-state index is 5.43. The lowest BCUT2D eigenvalue weighted by atomic mass is 10.2. The summed E-state index contributed by atoms with van der Waals surface area (Å²) in [5.41, 5.74) is 23.6. The number of rotatable bonds is 0. The van der Waals surface area contributed by atoms with E-state index < -0.39 is 0 Å². The highest BCUT2D eigenvalue weighted by atomic mass is 79.9. The fraction of sp³-hybridized carbons (Fsp3) is 0. The van der Waals surface area contributed by atoms with E-state index in [-0.39, 0.29) is 17.0 Å². The average molecular weight is 219 g/mol. The van der Waals surface area contributed by atoms with Crippen LogP contribution in [0.1, 0.15) is 0 Å². The standard InChI is InChI=1S/C6H10N4.BrH/c7-3-1-4(8)6(10)2-5(3)9;/h1-2H,7-10H2;1H. The lowest BCUT2D eigenvalue weighted by Crippen LogP contribution is -2.00. The van der Waals surface area contributed by atoms with E-state index in [2.05, 4.69) is 0 Å². The molecule has 62 valence electrons. The molecule has 0 aromatic heterocycles. The summed E-state index contributed by atoms with van der Waals surface area (Å²) in [4.78, 5) is 0. The number of hydrogen-bond acceptors (Lipinski definition) is 4. The first kappa shape index (κ1) is 9.90. The van der Waals surface area contributed by atoms with Crippen LogP contribution in [-0.4, -0.2) is 0 Å². The fourth-order valence-electron chi connectivity index (χ4n) is 0.668. The third-order valence-corrected chi connectivity index (χ3v) is 1.29. The van der Waals surface area contributed by atoms with Crippen LogP contribution in [0.4, 0.5) is 22.7 Å². The maximum absolute atomic E-state index is 5.43. The minimum Gasteiger partial charge on any atom is -0.397 e. The van der Waals surface area contributed by atoms with E-state index in [1.807, 2.05) is 0 Å². The molecule has 0 unspecified atom stereocenters. The summed E-state index contributed by atoms with van der Waals surface area (Å²) < 4.78 is 0. The Bertz CT molecular complexity index is 211. The van der Waals surface area contributed by atoms with Gasteiger partial charge in [0.15, 0.2) is 0 Å². The Labute approximate surface area is 75.3 Å². The highest BCUT2D eigenvalue weighted by molar-refractivity contribution is 8.93. The monoisotopic (exact) mass is 218 g/mol. The SMILES string of the molecule is Br.Nc1cc(N)c(N)cc1N. The van der Waals surface area contributed by atoms with Crippen LogP contribution in [0.5, 0.6) is 0 Å². The highest BCUT2D eigenvalue weighted by Gasteiger charge is 1.97. The second-order valence-corrected chi connectivity index (χ2v) is 2.11. The summed E-state index contributed by atoms with van der Waals surface area (Å²) in [5, 5.41) is 0. The van der Waals surface area contributed by atoms with Gasteiger partial charge in [-0.05, 0) is 12.1 Å². The van der Waals surface area contributed by atoms with Crippen LogP contribution in [0.2, 0.25) is 0 Å². The van der Waals surface area contributed by atoms with Gasteiger partial charge in [-0.2, -0.15) is 0 Å². The van der Waals surface area contributed by atoms with Crippen molar-refractivity contribution in [3.05, 3.63) is 12.1 Å². The van der Waals surface area contributed by atoms with E-state index in [9.17, 15) is 0 Å². The van der Waals surface area contributed by atoms with Gasteiger partial charge in [-0.3, -0.25) is 0 Å². The van der Waals surface area contributed by atoms with Crippen molar-refractivity contribution in [1.29, 1.82) is 0 Å².